The van der Waals surface area contributed by atoms with Crippen LogP contribution in [-0.4, -0.2) is 49.3 Å². The van der Waals surface area contributed by atoms with E-state index in [0.717, 1.165) is 31.4 Å². The molecule has 0 amide bonds. The van der Waals surface area contributed by atoms with Gasteiger partial charge in [-0.15, -0.1) is 0 Å². The minimum atomic E-state index is -5.04. The summed E-state index contributed by atoms with van der Waals surface area (Å²) < 4.78 is 60.4. The Morgan fingerprint density at radius 3 is 2.10 bits per heavy atom. The minimum absolute atomic E-state index is 0. The Balaban J connectivity index is 0.00000533. The maximum atomic E-state index is 15.1. The average Bonchev–Trinajstić information content (AvgIpc) is 3.56. The molecule has 3 aromatic rings. The SMILES string of the molecule is CCCCCCCCCOCCOP(=O)([O-])OC(Cn1cncn1)(Cn1cncn1)c1ccc(F)cc1F.[Na+]. The zero-order valence-corrected chi connectivity index (χ0v) is 25.3. The van der Waals surface area contributed by atoms with E-state index in [1.165, 1.54) is 60.4 Å². The first kappa shape index (κ1) is 33.6. The van der Waals surface area contributed by atoms with Crippen molar-refractivity contribution in [2.75, 3.05) is 19.8 Å². The van der Waals surface area contributed by atoms with E-state index < -0.39 is 25.1 Å². The van der Waals surface area contributed by atoms with Crippen LogP contribution in [0.2, 0.25) is 0 Å². The number of ether oxygens (including phenoxy) is 1. The molecule has 0 saturated heterocycles. The van der Waals surface area contributed by atoms with Gasteiger partial charge >= 0.3 is 29.6 Å². The molecule has 210 valence electrons. The molecular formula is C24H34F2N6NaO5P. The number of unbranched alkanes of at least 4 members (excludes halogenated alkanes) is 6. The summed E-state index contributed by atoms with van der Waals surface area (Å²) in [5.74, 6) is -1.84. The predicted molar refractivity (Wildman–Crippen MR) is 132 cm³/mol. The Bertz CT molecular complexity index is 1090. The molecule has 1 atom stereocenters. The largest absolute Gasteiger partial charge is 1.00 e. The van der Waals surface area contributed by atoms with E-state index in [2.05, 4.69) is 27.1 Å². The Morgan fingerprint density at radius 2 is 1.54 bits per heavy atom. The Kier molecular flexibility index (Phi) is 14.9. The van der Waals surface area contributed by atoms with Crippen molar-refractivity contribution in [2.45, 2.75) is 70.6 Å². The molecule has 11 nitrogen and oxygen atoms in total. The van der Waals surface area contributed by atoms with Crippen LogP contribution in [0.4, 0.5) is 8.78 Å². The summed E-state index contributed by atoms with van der Waals surface area (Å²) >= 11 is 0. The molecule has 0 bridgehead atoms. The number of aromatic nitrogens is 6. The summed E-state index contributed by atoms with van der Waals surface area (Å²) in [6.45, 7) is 1.81. The quantitative estimate of drug-likeness (QED) is 0.116. The van der Waals surface area contributed by atoms with Gasteiger partial charge in [-0.25, -0.2) is 28.1 Å². The van der Waals surface area contributed by atoms with E-state index in [1.807, 2.05) is 0 Å². The summed E-state index contributed by atoms with van der Waals surface area (Å²) in [6.07, 6.45) is 13.1. The fraction of sp³-hybridized carbons (Fsp3) is 0.583. The summed E-state index contributed by atoms with van der Waals surface area (Å²) in [4.78, 5) is 20.7. The standard InChI is InChI=1S/C24H35F2N6O5P.Na/c1-2-3-4-5-6-7-8-11-35-12-13-36-38(33,34)37-24(15-31-19-27-17-29-31,16-32-20-28-18-30-32)22-10-9-21(25)14-23(22)26;/h9-10,14,17-20H,2-8,11-13,15-16H2,1H3,(H,33,34);/q;+1/p-1. The molecule has 3 rings (SSSR count). The van der Waals surface area contributed by atoms with E-state index in [-0.39, 0.29) is 61.4 Å². The van der Waals surface area contributed by atoms with Crippen LogP contribution in [0.1, 0.15) is 57.4 Å². The van der Waals surface area contributed by atoms with E-state index in [9.17, 15) is 13.8 Å². The number of benzene rings is 1. The second-order valence-electron chi connectivity index (χ2n) is 8.91. The first-order chi connectivity index (χ1) is 18.3. The topological polar surface area (TPSA) is 129 Å². The van der Waals surface area contributed by atoms with Gasteiger partial charge in [-0.1, -0.05) is 51.5 Å². The van der Waals surface area contributed by atoms with Crippen molar-refractivity contribution in [3.8, 4) is 0 Å². The molecule has 0 radical (unpaired) electrons. The number of rotatable bonds is 19. The van der Waals surface area contributed by atoms with Gasteiger partial charge < -0.3 is 18.7 Å². The van der Waals surface area contributed by atoms with Crippen molar-refractivity contribution >= 4 is 7.82 Å². The number of phosphoric acid groups is 1. The van der Waals surface area contributed by atoms with E-state index >= 15 is 4.39 Å². The van der Waals surface area contributed by atoms with Crippen molar-refractivity contribution in [2.24, 2.45) is 0 Å². The molecule has 2 aromatic heterocycles. The van der Waals surface area contributed by atoms with Gasteiger partial charge in [0.1, 0.15) is 42.5 Å². The molecule has 1 aromatic carbocycles. The van der Waals surface area contributed by atoms with Crippen molar-refractivity contribution in [1.82, 2.24) is 29.5 Å². The Labute approximate surface area is 249 Å². The van der Waals surface area contributed by atoms with Gasteiger partial charge in [0.05, 0.1) is 26.3 Å². The van der Waals surface area contributed by atoms with Crippen LogP contribution in [0.3, 0.4) is 0 Å². The van der Waals surface area contributed by atoms with Gasteiger partial charge in [0.25, 0.3) is 7.82 Å². The molecule has 0 fully saturated rings. The van der Waals surface area contributed by atoms with Crippen molar-refractivity contribution in [1.29, 1.82) is 0 Å². The first-order valence-corrected chi connectivity index (χ1v) is 14.1. The molecule has 0 N–H and O–H groups in total. The second-order valence-corrected chi connectivity index (χ2v) is 10.2. The molecule has 1 unspecified atom stereocenters. The van der Waals surface area contributed by atoms with Gasteiger partial charge in [-0.3, -0.25) is 4.57 Å². The van der Waals surface area contributed by atoms with Gasteiger partial charge in [-0.2, -0.15) is 10.2 Å². The third-order valence-corrected chi connectivity index (χ3v) is 6.92. The number of halogens is 2. The van der Waals surface area contributed by atoms with Crippen LogP contribution in [0, 0.1) is 11.6 Å². The molecular weight excluding hydrogens is 544 g/mol. The van der Waals surface area contributed by atoms with E-state index in [0.29, 0.717) is 12.7 Å². The normalized spacial score (nSPS) is 13.2. The van der Waals surface area contributed by atoms with Crippen molar-refractivity contribution in [3.05, 3.63) is 60.7 Å². The summed E-state index contributed by atoms with van der Waals surface area (Å²) in [7, 11) is -5.04. The third-order valence-electron chi connectivity index (χ3n) is 5.85. The summed E-state index contributed by atoms with van der Waals surface area (Å²) in [6, 6.07) is 2.77. The van der Waals surface area contributed by atoms with Crippen molar-refractivity contribution in [3.63, 3.8) is 0 Å². The van der Waals surface area contributed by atoms with Crippen molar-refractivity contribution < 1.29 is 61.6 Å². The van der Waals surface area contributed by atoms with Crippen LogP contribution in [0.15, 0.2) is 43.5 Å². The predicted octanol–water partition coefficient (Wildman–Crippen LogP) is 1.02. The number of phosphoric ester groups is 1. The monoisotopic (exact) mass is 578 g/mol. The molecule has 39 heavy (non-hydrogen) atoms. The van der Waals surface area contributed by atoms with Crippen LogP contribution < -0.4 is 34.5 Å². The van der Waals surface area contributed by atoms with Gasteiger partial charge in [0, 0.05) is 18.2 Å². The summed E-state index contributed by atoms with van der Waals surface area (Å²) in [5.41, 5.74) is -2.20. The molecule has 0 spiro atoms. The molecule has 0 aliphatic carbocycles. The van der Waals surface area contributed by atoms with Gasteiger partial charge in [0.15, 0.2) is 0 Å². The Hall–Kier alpha value is -1.57. The van der Waals surface area contributed by atoms with Crippen LogP contribution in [0.5, 0.6) is 0 Å². The zero-order chi connectivity index (χ0) is 27.3. The number of hydrogen-bond acceptors (Lipinski definition) is 9. The Morgan fingerprint density at radius 1 is 0.923 bits per heavy atom. The molecule has 2 heterocycles. The van der Waals surface area contributed by atoms with E-state index in [1.54, 1.807) is 0 Å². The fourth-order valence-electron chi connectivity index (χ4n) is 4.05. The zero-order valence-electron chi connectivity index (χ0n) is 22.5. The third kappa shape index (κ3) is 11.4. The molecule has 0 saturated carbocycles. The molecule has 15 heteroatoms. The first-order valence-electron chi connectivity index (χ1n) is 12.7. The molecule has 0 aliphatic heterocycles. The fourth-order valence-corrected chi connectivity index (χ4v) is 5.04. The maximum Gasteiger partial charge on any atom is 1.00 e. The second kappa shape index (κ2) is 17.3. The smallest absolute Gasteiger partial charge is 0.756 e. The van der Waals surface area contributed by atoms with Gasteiger partial charge in [0.2, 0.25) is 0 Å². The van der Waals surface area contributed by atoms with Gasteiger partial charge in [-0.05, 0) is 12.5 Å². The maximum absolute atomic E-state index is 15.1. The number of nitrogens with zero attached hydrogens (tertiary/aromatic N) is 6. The number of hydrogen-bond donors (Lipinski definition) is 0. The summed E-state index contributed by atoms with van der Waals surface area (Å²) in [5, 5.41) is 7.99. The minimum Gasteiger partial charge on any atom is -0.756 e. The average molecular weight is 579 g/mol. The van der Waals surface area contributed by atoms with Crippen LogP contribution in [-0.2, 0) is 37.0 Å². The molecule has 0 aliphatic rings. The van der Waals surface area contributed by atoms with Crippen LogP contribution in [0.25, 0.3) is 0 Å². The van der Waals surface area contributed by atoms with Crippen LogP contribution >= 0.6 is 7.82 Å². The van der Waals surface area contributed by atoms with E-state index in [4.69, 9.17) is 13.8 Å².